The summed E-state index contributed by atoms with van der Waals surface area (Å²) in [5.41, 5.74) is 9.20. The summed E-state index contributed by atoms with van der Waals surface area (Å²) in [4.78, 5) is 11.9. The lowest BCUT2D eigenvalue weighted by atomic mass is 9.46. The number of carbonyl (C=O) groups excluding carboxylic acids is 1. The van der Waals surface area contributed by atoms with Crippen molar-refractivity contribution in [1.29, 1.82) is 0 Å². The predicted octanol–water partition coefficient (Wildman–Crippen LogP) is 5.00. The fourth-order valence-corrected chi connectivity index (χ4v) is 6.72. The predicted molar refractivity (Wildman–Crippen MR) is 105 cm³/mol. The molecule has 2 atom stereocenters. The molecule has 4 fully saturated rings. The molecule has 2 unspecified atom stereocenters. The Hall–Kier alpha value is -1.71. The Labute approximate surface area is 156 Å². The average molecular weight is 357 g/mol. The second-order valence-electron chi connectivity index (χ2n) is 9.14. The molecule has 4 heteroatoms. The van der Waals surface area contributed by atoms with Gasteiger partial charge in [-0.25, -0.2) is 4.79 Å². The van der Waals surface area contributed by atoms with E-state index in [1.54, 1.807) is 6.07 Å². The summed E-state index contributed by atoms with van der Waals surface area (Å²) in [6, 6.07) is 5.55. The molecule has 0 aromatic heterocycles. The lowest BCUT2D eigenvalue weighted by molar-refractivity contribution is -0.0635. The maximum Gasteiger partial charge on any atom is 0.338 e. The van der Waals surface area contributed by atoms with Crippen molar-refractivity contribution in [3.05, 3.63) is 23.8 Å². The molecule has 0 aliphatic heterocycles. The van der Waals surface area contributed by atoms with E-state index in [-0.39, 0.29) is 11.5 Å². The quantitative estimate of drug-likeness (QED) is 0.556. The molecule has 4 aliphatic carbocycles. The topological polar surface area (TPSA) is 64.3 Å². The minimum Gasteiger partial charge on any atom is -0.462 e. The summed E-state index contributed by atoms with van der Waals surface area (Å²) in [7, 11) is 0. The molecule has 1 aromatic carbocycles. The van der Waals surface area contributed by atoms with Crippen molar-refractivity contribution >= 4 is 17.3 Å². The maximum absolute atomic E-state index is 11.9. The number of carbonyl (C=O) groups is 1. The second-order valence-corrected chi connectivity index (χ2v) is 9.14. The fraction of sp³-hybridized carbons (Fsp3) is 0.682. The van der Waals surface area contributed by atoms with E-state index in [0.29, 0.717) is 23.3 Å². The molecule has 26 heavy (non-hydrogen) atoms. The number of benzene rings is 1. The first-order valence-corrected chi connectivity index (χ1v) is 10.3. The molecule has 142 valence electrons. The smallest absolute Gasteiger partial charge is 0.338 e. The maximum atomic E-state index is 11.9. The van der Waals surface area contributed by atoms with Gasteiger partial charge in [0.25, 0.3) is 0 Å². The van der Waals surface area contributed by atoms with Gasteiger partial charge in [-0.15, -0.1) is 0 Å². The third kappa shape index (κ3) is 3.08. The number of nitrogens with two attached hydrogens (primary N) is 1. The molecule has 1 aromatic rings. The molecule has 4 nitrogen and oxygen atoms in total. The Morgan fingerprint density at radius 2 is 1.96 bits per heavy atom. The Bertz CT molecular complexity index is 685. The van der Waals surface area contributed by atoms with Gasteiger partial charge in [0, 0.05) is 5.54 Å². The zero-order valence-corrected chi connectivity index (χ0v) is 16.1. The molecule has 4 bridgehead atoms. The highest BCUT2D eigenvalue weighted by atomic mass is 16.5. The van der Waals surface area contributed by atoms with Crippen LogP contribution in [-0.4, -0.2) is 18.1 Å². The van der Waals surface area contributed by atoms with Crippen molar-refractivity contribution in [2.75, 3.05) is 17.7 Å². The molecule has 5 rings (SSSR count). The van der Waals surface area contributed by atoms with Gasteiger partial charge in [0.2, 0.25) is 0 Å². The number of nitrogen functional groups attached to an aromatic ring is 1. The molecular formula is C22H32N2O2. The van der Waals surface area contributed by atoms with Crippen molar-refractivity contribution in [1.82, 2.24) is 0 Å². The summed E-state index contributed by atoms with van der Waals surface area (Å²) in [5.74, 6) is 1.44. The van der Waals surface area contributed by atoms with E-state index in [1.807, 2.05) is 19.1 Å². The first-order valence-electron chi connectivity index (χ1n) is 10.3. The van der Waals surface area contributed by atoms with E-state index in [9.17, 15) is 4.79 Å². The minimum absolute atomic E-state index is 0.193. The highest BCUT2D eigenvalue weighted by Crippen LogP contribution is 2.63. The van der Waals surface area contributed by atoms with Crippen LogP contribution in [0.4, 0.5) is 11.4 Å². The van der Waals surface area contributed by atoms with Crippen LogP contribution in [-0.2, 0) is 4.74 Å². The van der Waals surface area contributed by atoms with E-state index in [2.05, 4.69) is 12.2 Å². The average Bonchev–Trinajstić information content (AvgIpc) is 2.55. The van der Waals surface area contributed by atoms with Gasteiger partial charge in [0.15, 0.2) is 0 Å². The van der Waals surface area contributed by atoms with E-state index in [4.69, 9.17) is 10.5 Å². The van der Waals surface area contributed by atoms with Crippen LogP contribution in [0.1, 0.15) is 75.6 Å². The van der Waals surface area contributed by atoms with Crippen LogP contribution < -0.4 is 11.1 Å². The van der Waals surface area contributed by atoms with Gasteiger partial charge in [-0.05, 0) is 87.3 Å². The molecule has 0 amide bonds. The number of ether oxygens (including phenoxy) is 1. The third-order valence-electron chi connectivity index (χ3n) is 6.93. The van der Waals surface area contributed by atoms with Gasteiger partial charge in [-0.2, -0.15) is 0 Å². The second kappa shape index (κ2) is 6.47. The minimum atomic E-state index is -0.303. The first kappa shape index (κ1) is 17.7. The first-order chi connectivity index (χ1) is 12.5. The van der Waals surface area contributed by atoms with Crippen molar-refractivity contribution in [3.8, 4) is 0 Å². The van der Waals surface area contributed by atoms with Crippen molar-refractivity contribution in [2.24, 2.45) is 17.3 Å². The Balaban J connectivity index is 1.56. The van der Waals surface area contributed by atoms with Crippen LogP contribution >= 0.6 is 0 Å². The number of hydrogen-bond acceptors (Lipinski definition) is 4. The molecule has 0 spiro atoms. The summed E-state index contributed by atoms with van der Waals surface area (Å²) in [6.07, 6.45) is 10.7. The van der Waals surface area contributed by atoms with Gasteiger partial charge in [-0.1, -0.05) is 13.3 Å². The normalized spacial score (nSPS) is 34.7. The molecule has 4 saturated carbocycles. The molecule has 0 radical (unpaired) electrons. The number of nitrogens with one attached hydrogen (secondary N) is 1. The number of anilines is 2. The van der Waals surface area contributed by atoms with Crippen molar-refractivity contribution in [3.63, 3.8) is 0 Å². The standard InChI is InChI=1S/C22H32N2O2/c1-3-7-21-10-15-8-16(11-21)13-22(12-15,14-21)24-19-6-5-17(9-18(19)23)20(25)26-4-2/h5-6,9,15-16,24H,3-4,7-8,10-14,23H2,1-2H3. The monoisotopic (exact) mass is 356 g/mol. The van der Waals surface area contributed by atoms with E-state index < -0.39 is 0 Å². The highest BCUT2D eigenvalue weighted by Gasteiger charge is 2.57. The lowest BCUT2D eigenvalue weighted by Gasteiger charge is -2.63. The Morgan fingerprint density at radius 1 is 1.23 bits per heavy atom. The van der Waals surface area contributed by atoms with Gasteiger partial charge < -0.3 is 15.8 Å². The number of rotatable bonds is 6. The molecule has 0 saturated heterocycles. The van der Waals surface area contributed by atoms with Crippen molar-refractivity contribution < 1.29 is 9.53 Å². The van der Waals surface area contributed by atoms with Crippen LogP contribution in [0, 0.1) is 17.3 Å². The third-order valence-corrected chi connectivity index (χ3v) is 6.93. The zero-order chi connectivity index (χ0) is 18.4. The van der Waals surface area contributed by atoms with Crippen LogP contribution in [0.25, 0.3) is 0 Å². The summed E-state index contributed by atoms with van der Waals surface area (Å²) >= 11 is 0. The van der Waals surface area contributed by atoms with Crippen LogP contribution in [0.2, 0.25) is 0 Å². The van der Waals surface area contributed by atoms with E-state index in [1.165, 1.54) is 51.4 Å². The molecular weight excluding hydrogens is 324 g/mol. The molecule has 0 heterocycles. The summed E-state index contributed by atoms with van der Waals surface area (Å²) in [5, 5.41) is 3.86. The van der Waals surface area contributed by atoms with Gasteiger partial charge in [0.05, 0.1) is 23.5 Å². The number of esters is 1. The SMILES string of the molecule is CCCC12CC3CC(C1)CC(Nc1ccc(C(=O)OCC)cc1N)(C3)C2. The van der Waals surface area contributed by atoms with E-state index >= 15 is 0 Å². The van der Waals surface area contributed by atoms with Gasteiger partial charge in [-0.3, -0.25) is 0 Å². The summed E-state index contributed by atoms with van der Waals surface area (Å²) < 4.78 is 5.08. The van der Waals surface area contributed by atoms with Crippen LogP contribution in [0.3, 0.4) is 0 Å². The summed E-state index contributed by atoms with van der Waals surface area (Å²) in [6.45, 7) is 4.52. The fourth-order valence-electron chi connectivity index (χ4n) is 6.72. The number of hydrogen-bond donors (Lipinski definition) is 2. The molecule has 4 aliphatic rings. The molecule has 3 N–H and O–H groups in total. The lowest BCUT2D eigenvalue weighted by Crippen LogP contribution is -2.59. The van der Waals surface area contributed by atoms with Gasteiger partial charge >= 0.3 is 5.97 Å². The van der Waals surface area contributed by atoms with Gasteiger partial charge in [0.1, 0.15) is 0 Å². The zero-order valence-electron chi connectivity index (χ0n) is 16.1. The van der Waals surface area contributed by atoms with Crippen LogP contribution in [0.5, 0.6) is 0 Å². The highest BCUT2D eigenvalue weighted by molar-refractivity contribution is 5.92. The Kier molecular flexibility index (Phi) is 4.40. The largest absolute Gasteiger partial charge is 0.462 e. The van der Waals surface area contributed by atoms with Crippen LogP contribution in [0.15, 0.2) is 18.2 Å². The van der Waals surface area contributed by atoms with Crippen molar-refractivity contribution in [2.45, 2.75) is 70.8 Å². The van der Waals surface area contributed by atoms with E-state index in [0.717, 1.165) is 17.5 Å². The Morgan fingerprint density at radius 3 is 2.58 bits per heavy atom.